The fourth-order valence-corrected chi connectivity index (χ4v) is 4.24. The number of hydrogen-bond donors (Lipinski definition) is 1. The van der Waals surface area contributed by atoms with Crippen LogP contribution in [-0.2, 0) is 6.54 Å². The van der Waals surface area contributed by atoms with Gasteiger partial charge in [0.25, 0.3) is 5.91 Å². The third-order valence-electron chi connectivity index (χ3n) is 3.84. The zero-order valence-electron chi connectivity index (χ0n) is 13.0. The fraction of sp³-hybridized carbons (Fsp3) is 0.111. The van der Waals surface area contributed by atoms with Crippen molar-refractivity contribution in [3.8, 4) is 11.3 Å². The lowest BCUT2D eigenvalue weighted by molar-refractivity contribution is 0.0954. The molecule has 0 aliphatic rings. The van der Waals surface area contributed by atoms with Crippen molar-refractivity contribution in [3.63, 3.8) is 0 Å². The van der Waals surface area contributed by atoms with Gasteiger partial charge in [-0.2, -0.15) is 0 Å². The molecule has 0 saturated carbocycles. The first-order valence-electron chi connectivity index (χ1n) is 7.57. The molecule has 0 atom stereocenters. The normalized spacial score (nSPS) is 11.0. The molecule has 4 aromatic rings. The van der Waals surface area contributed by atoms with Crippen molar-refractivity contribution in [2.24, 2.45) is 0 Å². The first-order chi connectivity index (χ1) is 11.7. The summed E-state index contributed by atoms with van der Waals surface area (Å²) in [6.45, 7) is 2.52. The third kappa shape index (κ3) is 2.74. The molecule has 24 heavy (non-hydrogen) atoms. The number of thiophene rings is 1. The molecule has 6 heteroatoms. The van der Waals surface area contributed by atoms with Crippen LogP contribution in [0, 0.1) is 6.92 Å². The molecule has 3 heterocycles. The van der Waals surface area contributed by atoms with Crippen LogP contribution in [-0.4, -0.2) is 15.3 Å². The molecule has 1 aromatic carbocycles. The molecule has 120 valence electrons. The average molecular weight is 353 g/mol. The van der Waals surface area contributed by atoms with E-state index >= 15 is 0 Å². The zero-order valence-corrected chi connectivity index (χ0v) is 14.7. The van der Waals surface area contributed by atoms with Gasteiger partial charge in [0.15, 0.2) is 4.96 Å². The largest absolute Gasteiger partial charge is 0.346 e. The zero-order chi connectivity index (χ0) is 16.5. The van der Waals surface area contributed by atoms with Gasteiger partial charge >= 0.3 is 0 Å². The predicted octanol–water partition coefficient (Wildman–Crippen LogP) is 4.36. The lowest BCUT2D eigenvalue weighted by Gasteiger charge is -2.02. The maximum absolute atomic E-state index is 12.4. The Balaban J connectivity index is 1.60. The predicted molar refractivity (Wildman–Crippen MR) is 98.7 cm³/mol. The highest BCUT2D eigenvalue weighted by Gasteiger charge is 2.17. The van der Waals surface area contributed by atoms with Gasteiger partial charge < -0.3 is 5.32 Å². The molecular formula is C18H15N3OS2. The highest BCUT2D eigenvalue weighted by Crippen LogP contribution is 2.27. The highest BCUT2D eigenvalue weighted by atomic mass is 32.1. The van der Waals surface area contributed by atoms with Gasteiger partial charge in [0.05, 0.1) is 12.2 Å². The smallest absolute Gasteiger partial charge is 0.263 e. The number of imidazole rings is 1. The number of amides is 1. The molecule has 0 unspecified atom stereocenters. The van der Waals surface area contributed by atoms with E-state index in [0.717, 1.165) is 26.8 Å². The van der Waals surface area contributed by atoms with Crippen LogP contribution in [0.3, 0.4) is 0 Å². The first kappa shape index (κ1) is 15.1. The Morgan fingerprint density at radius 2 is 2.04 bits per heavy atom. The SMILES string of the molecule is Cc1c(C(=O)NCc2cccs2)sc2nc(-c3ccccc3)cn12. The van der Waals surface area contributed by atoms with Crippen molar-refractivity contribution in [2.75, 3.05) is 0 Å². The van der Waals surface area contributed by atoms with Crippen LogP contribution in [0.5, 0.6) is 0 Å². The van der Waals surface area contributed by atoms with Gasteiger partial charge in [0.2, 0.25) is 0 Å². The van der Waals surface area contributed by atoms with E-state index in [-0.39, 0.29) is 5.91 Å². The van der Waals surface area contributed by atoms with Crippen LogP contribution in [0.25, 0.3) is 16.2 Å². The van der Waals surface area contributed by atoms with Gasteiger partial charge in [0.1, 0.15) is 4.88 Å². The average Bonchev–Trinajstić information content (AvgIpc) is 3.32. The second-order valence-corrected chi connectivity index (χ2v) is 7.43. The second kappa shape index (κ2) is 6.22. The van der Waals surface area contributed by atoms with Gasteiger partial charge in [-0.25, -0.2) is 4.98 Å². The quantitative estimate of drug-likeness (QED) is 0.592. The summed E-state index contributed by atoms with van der Waals surface area (Å²) in [7, 11) is 0. The second-order valence-electron chi connectivity index (χ2n) is 5.42. The monoisotopic (exact) mass is 353 g/mol. The van der Waals surface area contributed by atoms with Crippen LogP contribution in [0.2, 0.25) is 0 Å². The number of hydrogen-bond acceptors (Lipinski definition) is 4. The minimum atomic E-state index is -0.0438. The number of thiazole rings is 1. The van der Waals surface area contributed by atoms with Crippen molar-refractivity contribution < 1.29 is 4.79 Å². The topological polar surface area (TPSA) is 46.4 Å². The Labute approximate surface area is 147 Å². The van der Waals surface area contributed by atoms with Gasteiger partial charge in [-0.15, -0.1) is 11.3 Å². The van der Waals surface area contributed by atoms with Crippen LogP contribution in [0.1, 0.15) is 20.2 Å². The van der Waals surface area contributed by atoms with E-state index < -0.39 is 0 Å². The molecule has 1 N–H and O–H groups in total. The van der Waals surface area contributed by atoms with E-state index in [9.17, 15) is 4.79 Å². The highest BCUT2D eigenvalue weighted by molar-refractivity contribution is 7.19. The Hall–Kier alpha value is -2.44. The maximum atomic E-state index is 12.4. The number of aryl methyl sites for hydroxylation is 1. The van der Waals surface area contributed by atoms with Gasteiger partial charge in [0, 0.05) is 22.3 Å². The maximum Gasteiger partial charge on any atom is 0.263 e. The molecule has 3 aromatic heterocycles. The van der Waals surface area contributed by atoms with E-state index in [1.165, 1.54) is 11.3 Å². The third-order valence-corrected chi connectivity index (χ3v) is 5.87. The number of nitrogens with one attached hydrogen (secondary N) is 1. The van der Waals surface area contributed by atoms with Crippen LogP contribution in [0.15, 0.2) is 54.0 Å². The summed E-state index contributed by atoms with van der Waals surface area (Å²) < 4.78 is 1.99. The minimum Gasteiger partial charge on any atom is -0.346 e. The molecule has 0 radical (unpaired) electrons. The summed E-state index contributed by atoms with van der Waals surface area (Å²) in [4.78, 5) is 19.8. The molecule has 0 fully saturated rings. The molecule has 0 spiro atoms. The van der Waals surface area contributed by atoms with Crippen molar-refractivity contribution in [2.45, 2.75) is 13.5 Å². The lowest BCUT2D eigenvalue weighted by atomic mass is 10.2. The summed E-state index contributed by atoms with van der Waals surface area (Å²) in [5.74, 6) is -0.0438. The Kier molecular flexibility index (Phi) is 3.92. The Morgan fingerprint density at radius 1 is 1.21 bits per heavy atom. The van der Waals surface area contributed by atoms with E-state index in [4.69, 9.17) is 0 Å². The number of nitrogens with zero attached hydrogens (tertiary/aromatic N) is 2. The van der Waals surface area contributed by atoms with E-state index in [0.29, 0.717) is 11.4 Å². The summed E-state index contributed by atoms with van der Waals surface area (Å²) in [5, 5.41) is 4.99. The first-order valence-corrected chi connectivity index (χ1v) is 9.26. The summed E-state index contributed by atoms with van der Waals surface area (Å²) in [6.07, 6.45) is 1.99. The van der Waals surface area contributed by atoms with Crippen LogP contribution >= 0.6 is 22.7 Å². The molecule has 4 nitrogen and oxygen atoms in total. The number of rotatable bonds is 4. The van der Waals surface area contributed by atoms with E-state index in [2.05, 4.69) is 10.3 Å². The lowest BCUT2D eigenvalue weighted by Crippen LogP contribution is -2.22. The van der Waals surface area contributed by atoms with Crippen molar-refractivity contribution in [1.82, 2.24) is 14.7 Å². The number of carbonyl (C=O) groups is 1. The summed E-state index contributed by atoms with van der Waals surface area (Å²) in [6, 6.07) is 14.1. The van der Waals surface area contributed by atoms with Crippen molar-refractivity contribution in [3.05, 3.63) is 69.5 Å². The van der Waals surface area contributed by atoms with Gasteiger partial charge in [-0.3, -0.25) is 9.20 Å². The Morgan fingerprint density at radius 3 is 2.75 bits per heavy atom. The summed E-state index contributed by atoms with van der Waals surface area (Å²) >= 11 is 3.07. The Bertz CT molecular complexity index is 984. The van der Waals surface area contributed by atoms with Crippen molar-refractivity contribution >= 4 is 33.5 Å². The van der Waals surface area contributed by atoms with Crippen LogP contribution < -0.4 is 5.32 Å². The number of benzene rings is 1. The number of carbonyl (C=O) groups excluding carboxylic acids is 1. The van der Waals surface area contributed by atoms with Crippen LogP contribution in [0.4, 0.5) is 0 Å². The number of fused-ring (bicyclic) bond motifs is 1. The molecule has 0 saturated heterocycles. The minimum absolute atomic E-state index is 0.0438. The molecule has 1 amide bonds. The molecular weight excluding hydrogens is 338 g/mol. The standard InChI is InChI=1S/C18H15N3OS2/c1-12-16(17(22)19-10-14-8-5-9-23-14)24-18-20-15(11-21(12)18)13-6-3-2-4-7-13/h2-9,11H,10H2,1H3,(H,19,22). The van der Waals surface area contributed by atoms with E-state index in [1.807, 2.05) is 65.4 Å². The molecule has 0 bridgehead atoms. The van der Waals surface area contributed by atoms with Crippen molar-refractivity contribution in [1.29, 1.82) is 0 Å². The molecule has 4 rings (SSSR count). The molecule has 0 aliphatic heterocycles. The molecule has 0 aliphatic carbocycles. The summed E-state index contributed by atoms with van der Waals surface area (Å²) in [5.41, 5.74) is 2.93. The number of aromatic nitrogens is 2. The van der Waals surface area contributed by atoms with E-state index in [1.54, 1.807) is 11.3 Å². The van der Waals surface area contributed by atoms with Gasteiger partial charge in [-0.05, 0) is 18.4 Å². The van der Waals surface area contributed by atoms with Gasteiger partial charge in [-0.1, -0.05) is 47.7 Å². The fourth-order valence-electron chi connectivity index (χ4n) is 2.57.